The fourth-order valence-corrected chi connectivity index (χ4v) is 4.29. The van der Waals surface area contributed by atoms with E-state index in [1.165, 1.54) is 12.8 Å². The van der Waals surface area contributed by atoms with Gasteiger partial charge in [-0.3, -0.25) is 9.59 Å². The SMILES string of the molecule is Cc1nc([C@H]2CCCN(C(=O)C3(C(N)=O)CC3)C2)cc(N2CCCC2)n1. The number of nitrogens with zero attached hydrogens (tertiary/aromatic N) is 4. The molecule has 1 atom stereocenters. The monoisotopic (exact) mass is 357 g/mol. The highest BCUT2D eigenvalue weighted by Gasteiger charge is 2.57. The first-order chi connectivity index (χ1) is 12.5. The number of carbonyl (C=O) groups is 2. The fraction of sp³-hybridized carbons (Fsp3) is 0.684. The number of amides is 2. The van der Waals surface area contributed by atoms with E-state index < -0.39 is 11.3 Å². The maximum atomic E-state index is 12.8. The molecule has 0 aromatic carbocycles. The Balaban J connectivity index is 1.53. The summed E-state index contributed by atoms with van der Waals surface area (Å²) in [4.78, 5) is 38.0. The van der Waals surface area contributed by atoms with Crippen molar-refractivity contribution >= 4 is 17.6 Å². The summed E-state index contributed by atoms with van der Waals surface area (Å²) in [5, 5.41) is 0. The quantitative estimate of drug-likeness (QED) is 0.821. The van der Waals surface area contributed by atoms with Crippen LogP contribution in [0.3, 0.4) is 0 Å². The Hall–Kier alpha value is -2.18. The van der Waals surface area contributed by atoms with E-state index in [0.717, 1.165) is 43.3 Å². The molecule has 26 heavy (non-hydrogen) atoms. The van der Waals surface area contributed by atoms with Crippen molar-refractivity contribution in [1.29, 1.82) is 0 Å². The van der Waals surface area contributed by atoms with Gasteiger partial charge < -0.3 is 15.5 Å². The molecule has 2 aliphatic heterocycles. The van der Waals surface area contributed by atoms with Gasteiger partial charge in [-0.25, -0.2) is 9.97 Å². The van der Waals surface area contributed by atoms with E-state index in [-0.39, 0.29) is 11.8 Å². The van der Waals surface area contributed by atoms with E-state index in [1.807, 2.05) is 11.8 Å². The van der Waals surface area contributed by atoms with E-state index in [2.05, 4.69) is 20.9 Å². The van der Waals surface area contributed by atoms with Crippen molar-refractivity contribution in [3.05, 3.63) is 17.6 Å². The first-order valence-electron chi connectivity index (χ1n) is 9.69. The molecule has 140 valence electrons. The molecular formula is C19H27N5O2. The second-order valence-corrected chi connectivity index (χ2v) is 7.93. The van der Waals surface area contributed by atoms with Crippen LogP contribution in [-0.4, -0.2) is 52.9 Å². The van der Waals surface area contributed by atoms with Gasteiger partial charge in [-0.2, -0.15) is 0 Å². The molecule has 3 fully saturated rings. The van der Waals surface area contributed by atoms with Crippen LogP contribution >= 0.6 is 0 Å². The van der Waals surface area contributed by atoms with Crippen LogP contribution in [0.4, 0.5) is 5.82 Å². The van der Waals surface area contributed by atoms with Gasteiger partial charge in [0.15, 0.2) is 0 Å². The van der Waals surface area contributed by atoms with Crippen LogP contribution in [-0.2, 0) is 9.59 Å². The molecule has 1 aromatic rings. The Morgan fingerprint density at radius 3 is 2.54 bits per heavy atom. The average Bonchev–Trinajstić information content (AvgIpc) is 3.28. The zero-order chi connectivity index (χ0) is 18.3. The molecule has 2 N–H and O–H groups in total. The van der Waals surface area contributed by atoms with Crippen molar-refractivity contribution in [2.75, 3.05) is 31.1 Å². The van der Waals surface area contributed by atoms with E-state index in [0.29, 0.717) is 25.9 Å². The summed E-state index contributed by atoms with van der Waals surface area (Å²) in [5.74, 6) is 1.42. The molecule has 7 nitrogen and oxygen atoms in total. The number of carbonyl (C=O) groups excluding carboxylic acids is 2. The maximum Gasteiger partial charge on any atom is 0.238 e. The van der Waals surface area contributed by atoms with Crippen molar-refractivity contribution in [2.24, 2.45) is 11.1 Å². The molecule has 3 heterocycles. The molecule has 0 spiro atoms. The molecule has 1 aromatic heterocycles. The zero-order valence-electron chi connectivity index (χ0n) is 15.4. The summed E-state index contributed by atoms with van der Waals surface area (Å²) < 4.78 is 0. The van der Waals surface area contributed by atoms with Crippen molar-refractivity contribution in [3.8, 4) is 0 Å². The molecular weight excluding hydrogens is 330 g/mol. The number of likely N-dealkylation sites (tertiary alicyclic amines) is 1. The number of piperidine rings is 1. The predicted molar refractivity (Wildman–Crippen MR) is 97.6 cm³/mol. The standard InChI is InChI=1S/C19H27N5O2/c1-13-21-15(11-16(22-13)23-8-2-3-9-23)14-5-4-10-24(12-14)18(26)19(6-7-19)17(20)25/h11,14H,2-10,12H2,1H3,(H2,20,25)/t14-/m0/s1. The lowest BCUT2D eigenvalue weighted by molar-refractivity contribution is -0.143. The Morgan fingerprint density at radius 1 is 1.15 bits per heavy atom. The molecule has 0 radical (unpaired) electrons. The third-order valence-electron chi connectivity index (χ3n) is 6.03. The Kier molecular flexibility index (Phi) is 4.32. The summed E-state index contributed by atoms with van der Waals surface area (Å²) in [6.45, 7) is 5.34. The van der Waals surface area contributed by atoms with Crippen LogP contribution in [0.1, 0.15) is 56.0 Å². The predicted octanol–water partition coefficient (Wildman–Crippen LogP) is 1.36. The summed E-state index contributed by atoms with van der Waals surface area (Å²) in [7, 11) is 0. The lowest BCUT2D eigenvalue weighted by atomic mass is 9.92. The molecule has 1 saturated carbocycles. The van der Waals surface area contributed by atoms with Gasteiger partial charge in [0.1, 0.15) is 17.1 Å². The third kappa shape index (κ3) is 3.04. The van der Waals surface area contributed by atoms with E-state index in [9.17, 15) is 9.59 Å². The largest absolute Gasteiger partial charge is 0.369 e. The van der Waals surface area contributed by atoms with Crippen LogP contribution in [0.25, 0.3) is 0 Å². The second-order valence-electron chi connectivity index (χ2n) is 7.93. The van der Waals surface area contributed by atoms with Crippen molar-refractivity contribution < 1.29 is 9.59 Å². The van der Waals surface area contributed by atoms with Gasteiger partial charge in [-0.1, -0.05) is 0 Å². The molecule has 0 unspecified atom stereocenters. The molecule has 3 aliphatic rings. The summed E-state index contributed by atoms with van der Waals surface area (Å²) >= 11 is 0. The van der Waals surface area contributed by atoms with Gasteiger partial charge in [0.05, 0.1) is 5.69 Å². The summed E-state index contributed by atoms with van der Waals surface area (Å²) in [5.41, 5.74) is 5.57. The molecule has 0 bridgehead atoms. The smallest absolute Gasteiger partial charge is 0.238 e. The number of hydrogen-bond donors (Lipinski definition) is 1. The van der Waals surface area contributed by atoms with Gasteiger partial charge in [0.25, 0.3) is 0 Å². The topological polar surface area (TPSA) is 92.4 Å². The van der Waals surface area contributed by atoms with Crippen LogP contribution in [0.5, 0.6) is 0 Å². The third-order valence-corrected chi connectivity index (χ3v) is 6.03. The molecule has 2 amide bonds. The van der Waals surface area contributed by atoms with E-state index >= 15 is 0 Å². The first-order valence-corrected chi connectivity index (χ1v) is 9.69. The number of aromatic nitrogens is 2. The lowest BCUT2D eigenvalue weighted by Crippen LogP contribution is -2.47. The Bertz CT molecular complexity index is 725. The van der Waals surface area contributed by atoms with E-state index in [4.69, 9.17) is 5.73 Å². The minimum absolute atomic E-state index is 0.0831. The van der Waals surface area contributed by atoms with Gasteiger partial charge in [-0.15, -0.1) is 0 Å². The summed E-state index contributed by atoms with van der Waals surface area (Å²) in [6.07, 6.45) is 5.53. The Morgan fingerprint density at radius 2 is 1.88 bits per heavy atom. The van der Waals surface area contributed by atoms with Crippen LogP contribution < -0.4 is 10.6 Å². The number of primary amides is 1. The minimum Gasteiger partial charge on any atom is -0.369 e. The first kappa shape index (κ1) is 17.2. The molecule has 7 heteroatoms. The van der Waals surface area contributed by atoms with Gasteiger partial charge in [0.2, 0.25) is 11.8 Å². The number of rotatable bonds is 4. The van der Waals surface area contributed by atoms with Crippen molar-refractivity contribution in [1.82, 2.24) is 14.9 Å². The van der Waals surface area contributed by atoms with Gasteiger partial charge in [-0.05, 0) is 45.4 Å². The number of aryl methyl sites for hydroxylation is 1. The van der Waals surface area contributed by atoms with Crippen molar-refractivity contribution in [2.45, 2.75) is 51.4 Å². The number of anilines is 1. The molecule has 4 rings (SSSR count). The lowest BCUT2D eigenvalue weighted by Gasteiger charge is -2.34. The number of hydrogen-bond acceptors (Lipinski definition) is 5. The van der Waals surface area contributed by atoms with Crippen LogP contribution in [0, 0.1) is 12.3 Å². The average molecular weight is 357 g/mol. The van der Waals surface area contributed by atoms with Crippen LogP contribution in [0.15, 0.2) is 6.07 Å². The van der Waals surface area contributed by atoms with Crippen LogP contribution in [0.2, 0.25) is 0 Å². The number of nitrogens with two attached hydrogens (primary N) is 1. The fourth-order valence-electron chi connectivity index (χ4n) is 4.29. The summed E-state index contributed by atoms with van der Waals surface area (Å²) in [6, 6.07) is 2.10. The second kappa shape index (κ2) is 6.52. The Labute approximate surface area is 154 Å². The van der Waals surface area contributed by atoms with E-state index in [1.54, 1.807) is 0 Å². The normalized spacial score (nSPS) is 24.6. The van der Waals surface area contributed by atoms with Gasteiger partial charge >= 0.3 is 0 Å². The molecule has 2 saturated heterocycles. The maximum absolute atomic E-state index is 12.8. The highest BCUT2D eigenvalue weighted by Crippen LogP contribution is 2.47. The highest BCUT2D eigenvalue weighted by molar-refractivity contribution is 6.07. The minimum atomic E-state index is -0.926. The van der Waals surface area contributed by atoms with Crippen molar-refractivity contribution in [3.63, 3.8) is 0 Å². The zero-order valence-corrected chi connectivity index (χ0v) is 15.4. The van der Waals surface area contributed by atoms with Gasteiger partial charge in [0, 0.05) is 38.2 Å². The molecule has 1 aliphatic carbocycles. The highest BCUT2D eigenvalue weighted by atomic mass is 16.2.